The van der Waals surface area contributed by atoms with Gasteiger partial charge in [0.25, 0.3) is 0 Å². The molecule has 0 radical (unpaired) electrons. The molecule has 0 aliphatic rings. The van der Waals surface area contributed by atoms with E-state index < -0.39 is 0 Å². The average Bonchev–Trinajstić information content (AvgIpc) is 2.74. The Hall–Kier alpha value is -2.63. The summed E-state index contributed by atoms with van der Waals surface area (Å²) in [6.07, 6.45) is 0. The summed E-state index contributed by atoms with van der Waals surface area (Å²) >= 11 is 3.74. The summed E-state index contributed by atoms with van der Waals surface area (Å²) < 4.78 is 7.05. The zero-order valence-corrected chi connectivity index (χ0v) is 18.0. The van der Waals surface area contributed by atoms with Gasteiger partial charge in [0.05, 0.1) is 0 Å². The van der Waals surface area contributed by atoms with Gasteiger partial charge in [-0.25, -0.2) is 0 Å². The number of amides is 1. The van der Waals surface area contributed by atoms with Crippen LogP contribution in [0.1, 0.15) is 18.1 Å². The third-order valence-electron chi connectivity index (χ3n) is 4.49. The second kappa shape index (κ2) is 10.8. The van der Waals surface area contributed by atoms with Crippen LogP contribution in [0.2, 0.25) is 0 Å². The van der Waals surface area contributed by atoms with Crippen molar-refractivity contribution in [2.75, 3.05) is 13.1 Å². The Morgan fingerprint density at radius 1 is 0.931 bits per heavy atom. The first-order chi connectivity index (χ1) is 14.1. The Labute approximate surface area is 180 Å². The predicted octanol–water partition coefficient (Wildman–Crippen LogP) is 4.92. The van der Waals surface area contributed by atoms with Crippen LogP contribution in [0.3, 0.4) is 0 Å². The molecule has 0 heterocycles. The third kappa shape index (κ3) is 6.44. The Kier molecular flexibility index (Phi) is 7.85. The van der Waals surface area contributed by atoms with Crippen LogP contribution < -0.4 is 15.4 Å². The van der Waals surface area contributed by atoms with Crippen LogP contribution in [0.5, 0.6) is 5.75 Å². The molecule has 0 atom stereocenters. The maximum Gasteiger partial charge on any atom is 0.216 e. The summed E-state index contributed by atoms with van der Waals surface area (Å²) in [5.74, 6) is 0.832. The SMILES string of the molecule is CC(=O)NCCNCc1ccc(OCc2cccc(-c3ccccc3)c2Br)cc1. The van der Waals surface area contributed by atoms with E-state index in [1.54, 1.807) is 0 Å². The van der Waals surface area contributed by atoms with Gasteiger partial charge in [-0.3, -0.25) is 4.79 Å². The van der Waals surface area contributed by atoms with Crippen molar-refractivity contribution in [3.63, 3.8) is 0 Å². The molecule has 0 spiro atoms. The maximum atomic E-state index is 10.8. The van der Waals surface area contributed by atoms with Gasteiger partial charge >= 0.3 is 0 Å². The number of nitrogens with one attached hydrogen (secondary N) is 2. The standard InChI is InChI=1S/C24H25BrN2O2/c1-18(28)27-15-14-26-16-19-10-12-22(13-11-19)29-17-21-8-5-9-23(24(21)25)20-6-3-2-4-7-20/h2-13,26H,14-17H2,1H3,(H,27,28). The Balaban J connectivity index is 1.53. The number of hydrogen-bond donors (Lipinski definition) is 2. The first kappa shape index (κ1) is 21.1. The van der Waals surface area contributed by atoms with Crippen molar-refractivity contribution in [3.8, 4) is 16.9 Å². The van der Waals surface area contributed by atoms with Gasteiger partial charge in [-0.15, -0.1) is 0 Å². The van der Waals surface area contributed by atoms with Crippen LogP contribution in [0, 0.1) is 0 Å². The molecule has 29 heavy (non-hydrogen) atoms. The van der Waals surface area contributed by atoms with Crippen molar-refractivity contribution in [1.82, 2.24) is 10.6 Å². The van der Waals surface area contributed by atoms with Gasteiger partial charge < -0.3 is 15.4 Å². The van der Waals surface area contributed by atoms with Crippen LogP contribution in [-0.2, 0) is 17.9 Å². The molecule has 4 nitrogen and oxygen atoms in total. The smallest absolute Gasteiger partial charge is 0.216 e. The minimum Gasteiger partial charge on any atom is -0.489 e. The van der Waals surface area contributed by atoms with Gasteiger partial charge in [-0.1, -0.05) is 60.7 Å². The second-order valence-electron chi connectivity index (χ2n) is 6.74. The zero-order chi connectivity index (χ0) is 20.5. The largest absolute Gasteiger partial charge is 0.489 e. The molecular formula is C24H25BrN2O2. The van der Waals surface area contributed by atoms with Gasteiger partial charge in [-0.05, 0) is 44.8 Å². The molecule has 0 aliphatic heterocycles. The van der Waals surface area contributed by atoms with Crippen LogP contribution in [0.15, 0.2) is 77.3 Å². The molecule has 5 heteroatoms. The molecule has 0 bridgehead atoms. The monoisotopic (exact) mass is 452 g/mol. The molecule has 2 N–H and O–H groups in total. The molecule has 3 aromatic carbocycles. The second-order valence-corrected chi connectivity index (χ2v) is 7.53. The third-order valence-corrected chi connectivity index (χ3v) is 5.42. The van der Waals surface area contributed by atoms with Crippen LogP contribution in [0.25, 0.3) is 11.1 Å². The lowest BCUT2D eigenvalue weighted by Crippen LogP contribution is -2.29. The number of carbonyl (C=O) groups is 1. The summed E-state index contributed by atoms with van der Waals surface area (Å²) in [5.41, 5.74) is 4.62. The quantitative estimate of drug-likeness (QED) is 0.453. The minimum absolute atomic E-state index is 0.00533. The van der Waals surface area contributed by atoms with Crippen molar-refractivity contribution in [3.05, 3.63) is 88.4 Å². The molecule has 0 aromatic heterocycles. The van der Waals surface area contributed by atoms with Crippen molar-refractivity contribution in [2.24, 2.45) is 0 Å². The van der Waals surface area contributed by atoms with E-state index >= 15 is 0 Å². The number of hydrogen-bond acceptors (Lipinski definition) is 3. The lowest BCUT2D eigenvalue weighted by molar-refractivity contribution is -0.118. The molecule has 3 aromatic rings. The van der Waals surface area contributed by atoms with E-state index in [0.717, 1.165) is 34.4 Å². The minimum atomic E-state index is -0.00533. The molecule has 0 fully saturated rings. The van der Waals surface area contributed by atoms with E-state index in [1.807, 2.05) is 30.3 Å². The Morgan fingerprint density at radius 3 is 2.41 bits per heavy atom. The molecule has 150 valence electrons. The highest BCUT2D eigenvalue weighted by atomic mass is 79.9. The first-order valence-electron chi connectivity index (χ1n) is 9.63. The van der Waals surface area contributed by atoms with Crippen molar-refractivity contribution in [2.45, 2.75) is 20.1 Å². The van der Waals surface area contributed by atoms with Gasteiger partial charge in [-0.2, -0.15) is 0 Å². The summed E-state index contributed by atoms with van der Waals surface area (Å²) in [7, 11) is 0. The summed E-state index contributed by atoms with van der Waals surface area (Å²) in [5, 5.41) is 6.07. The van der Waals surface area contributed by atoms with E-state index in [0.29, 0.717) is 13.2 Å². The number of halogens is 1. The maximum absolute atomic E-state index is 10.8. The molecule has 3 rings (SSSR count). The summed E-state index contributed by atoms with van der Waals surface area (Å²) in [6.45, 7) is 4.15. The van der Waals surface area contributed by atoms with E-state index in [4.69, 9.17) is 4.74 Å². The molecule has 0 saturated carbocycles. The van der Waals surface area contributed by atoms with E-state index in [-0.39, 0.29) is 5.91 Å². The van der Waals surface area contributed by atoms with Crippen molar-refractivity contribution >= 4 is 21.8 Å². The number of carbonyl (C=O) groups excluding carboxylic acids is 1. The lowest BCUT2D eigenvalue weighted by Gasteiger charge is -2.12. The molecule has 0 saturated heterocycles. The zero-order valence-electron chi connectivity index (χ0n) is 16.5. The highest BCUT2D eigenvalue weighted by molar-refractivity contribution is 9.10. The van der Waals surface area contributed by atoms with Gasteiger partial charge in [0, 0.05) is 36.6 Å². The van der Waals surface area contributed by atoms with Crippen molar-refractivity contribution in [1.29, 1.82) is 0 Å². The number of rotatable bonds is 9. The topological polar surface area (TPSA) is 50.4 Å². The van der Waals surface area contributed by atoms with Crippen LogP contribution >= 0.6 is 15.9 Å². The molecule has 1 amide bonds. The Bertz CT molecular complexity index is 927. The van der Waals surface area contributed by atoms with Gasteiger partial charge in [0.15, 0.2) is 0 Å². The molecular weight excluding hydrogens is 428 g/mol. The highest BCUT2D eigenvalue weighted by Crippen LogP contribution is 2.31. The van der Waals surface area contributed by atoms with Crippen molar-refractivity contribution < 1.29 is 9.53 Å². The highest BCUT2D eigenvalue weighted by Gasteiger charge is 2.08. The van der Waals surface area contributed by atoms with Gasteiger partial charge in [0.2, 0.25) is 5.91 Å². The first-order valence-corrected chi connectivity index (χ1v) is 10.4. The fraction of sp³-hybridized carbons (Fsp3) is 0.208. The average molecular weight is 453 g/mol. The normalized spacial score (nSPS) is 10.6. The van der Waals surface area contributed by atoms with E-state index in [9.17, 15) is 4.79 Å². The van der Waals surface area contributed by atoms with Crippen LogP contribution in [-0.4, -0.2) is 19.0 Å². The summed E-state index contributed by atoms with van der Waals surface area (Å²) in [4.78, 5) is 10.8. The molecule has 0 aliphatic carbocycles. The number of ether oxygens (including phenoxy) is 1. The molecule has 0 unspecified atom stereocenters. The van der Waals surface area contributed by atoms with E-state index in [1.165, 1.54) is 18.1 Å². The van der Waals surface area contributed by atoms with E-state index in [2.05, 4.69) is 69.0 Å². The fourth-order valence-electron chi connectivity index (χ4n) is 2.96. The predicted molar refractivity (Wildman–Crippen MR) is 121 cm³/mol. The van der Waals surface area contributed by atoms with Crippen LogP contribution in [0.4, 0.5) is 0 Å². The van der Waals surface area contributed by atoms with Gasteiger partial charge in [0.1, 0.15) is 12.4 Å². The fourth-order valence-corrected chi connectivity index (χ4v) is 3.56. The summed E-state index contributed by atoms with van der Waals surface area (Å²) in [6, 6.07) is 24.6. The number of benzene rings is 3. The lowest BCUT2D eigenvalue weighted by atomic mass is 10.0. The Morgan fingerprint density at radius 2 is 1.69 bits per heavy atom.